The number of H-pyrrole nitrogens is 1. The summed E-state index contributed by atoms with van der Waals surface area (Å²) >= 11 is 12.0. The van der Waals surface area contributed by atoms with Crippen LogP contribution in [-0.2, 0) is 6.54 Å². The van der Waals surface area contributed by atoms with Crippen LogP contribution in [0.3, 0.4) is 0 Å². The summed E-state index contributed by atoms with van der Waals surface area (Å²) in [6, 6.07) is 4.98. The van der Waals surface area contributed by atoms with E-state index in [1.807, 2.05) is 0 Å². The molecule has 1 heterocycles. The van der Waals surface area contributed by atoms with Crippen LogP contribution in [-0.4, -0.2) is 27.8 Å². The summed E-state index contributed by atoms with van der Waals surface area (Å²) in [5, 5.41) is 0.692. The van der Waals surface area contributed by atoms with Gasteiger partial charge in [0.1, 0.15) is 5.82 Å². The van der Waals surface area contributed by atoms with Crippen LogP contribution in [0.2, 0.25) is 10.0 Å². The predicted molar refractivity (Wildman–Crippen MR) is 70.8 cm³/mol. The molecule has 6 heteroatoms. The molecule has 0 bridgehead atoms. The van der Waals surface area contributed by atoms with Gasteiger partial charge in [-0.05, 0) is 12.1 Å². The first-order valence-corrected chi connectivity index (χ1v) is 6.03. The fraction of sp³-hybridized carbons (Fsp3) is 0.167. The van der Waals surface area contributed by atoms with Crippen LogP contribution < -0.4 is 0 Å². The van der Waals surface area contributed by atoms with Gasteiger partial charge in [0.15, 0.2) is 0 Å². The molecule has 0 aliphatic carbocycles. The third kappa shape index (κ3) is 2.66. The monoisotopic (exact) mass is 283 g/mol. The van der Waals surface area contributed by atoms with Crippen molar-refractivity contribution in [2.24, 2.45) is 0 Å². The van der Waals surface area contributed by atoms with Gasteiger partial charge in [-0.15, -0.1) is 0 Å². The lowest BCUT2D eigenvalue weighted by molar-refractivity contribution is 0.0782. The normalized spacial score (nSPS) is 10.4. The number of imidazole rings is 1. The molecule has 94 valence electrons. The summed E-state index contributed by atoms with van der Waals surface area (Å²) in [5.74, 6) is 0.469. The number of carbonyl (C=O) groups excluding carboxylic acids is 1. The Kier molecular flexibility index (Phi) is 3.89. The van der Waals surface area contributed by atoms with Crippen LogP contribution >= 0.6 is 23.2 Å². The highest BCUT2D eigenvalue weighted by molar-refractivity contribution is 6.39. The second-order valence-corrected chi connectivity index (χ2v) is 4.61. The van der Waals surface area contributed by atoms with Crippen LogP contribution in [0.5, 0.6) is 0 Å². The first-order valence-electron chi connectivity index (χ1n) is 5.27. The fourth-order valence-electron chi connectivity index (χ4n) is 1.57. The SMILES string of the molecule is CN(Cc1ncc[nH]1)C(=O)c1c(Cl)cccc1Cl. The number of nitrogens with one attached hydrogen (secondary N) is 1. The molecule has 0 radical (unpaired) electrons. The van der Waals surface area contributed by atoms with E-state index in [9.17, 15) is 4.79 Å². The summed E-state index contributed by atoms with van der Waals surface area (Å²) in [5.41, 5.74) is 0.315. The molecule has 1 amide bonds. The standard InChI is InChI=1S/C12H11Cl2N3O/c1-17(7-10-15-5-6-16-10)12(18)11-8(13)3-2-4-9(11)14/h2-6H,7H2,1H3,(H,15,16). The minimum atomic E-state index is -0.234. The number of halogens is 2. The topological polar surface area (TPSA) is 49.0 Å². The first kappa shape index (κ1) is 12.9. The molecule has 0 saturated carbocycles. The molecular formula is C12H11Cl2N3O. The molecule has 0 unspecified atom stereocenters. The molecule has 0 aliphatic heterocycles. The Morgan fingerprint density at radius 3 is 2.61 bits per heavy atom. The van der Waals surface area contributed by atoms with Gasteiger partial charge >= 0.3 is 0 Å². The number of benzene rings is 1. The van der Waals surface area contributed by atoms with Gasteiger partial charge in [-0.1, -0.05) is 29.3 Å². The van der Waals surface area contributed by atoms with Crippen LogP contribution in [0.25, 0.3) is 0 Å². The van der Waals surface area contributed by atoms with Crippen LogP contribution in [0, 0.1) is 0 Å². The second-order valence-electron chi connectivity index (χ2n) is 3.79. The molecule has 0 fully saturated rings. The lowest BCUT2D eigenvalue weighted by Gasteiger charge is -2.17. The minimum absolute atomic E-state index is 0.234. The molecule has 1 aromatic heterocycles. The Labute approximate surface area is 115 Å². The average molecular weight is 284 g/mol. The van der Waals surface area contributed by atoms with E-state index in [-0.39, 0.29) is 5.91 Å². The lowest BCUT2D eigenvalue weighted by Crippen LogP contribution is -2.27. The Morgan fingerprint density at radius 1 is 1.39 bits per heavy atom. The van der Waals surface area contributed by atoms with E-state index in [0.717, 1.165) is 0 Å². The van der Waals surface area contributed by atoms with E-state index in [1.165, 1.54) is 4.90 Å². The number of carbonyl (C=O) groups is 1. The van der Waals surface area contributed by atoms with Crippen molar-refractivity contribution in [3.05, 3.63) is 52.0 Å². The van der Waals surface area contributed by atoms with E-state index in [1.54, 1.807) is 37.6 Å². The maximum Gasteiger partial charge on any atom is 0.257 e. The molecule has 18 heavy (non-hydrogen) atoms. The van der Waals surface area contributed by atoms with E-state index in [4.69, 9.17) is 23.2 Å². The molecule has 1 N–H and O–H groups in total. The fourth-order valence-corrected chi connectivity index (χ4v) is 2.13. The Bertz CT molecular complexity index is 534. The molecule has 0 saturated heterocycles. The molecular weight excluding hydrogens is 273 g/mol. The van der Waals surface area contributed by atoms with Gasteiger partial charge in [0.2, 0.25) is 0 Å². The molecule has 0 atom stereocenters. The van der Waals surface area contributed by atoms with Crippen LogP contribution in [0.1, 0.15) is 16.2 Å². The summed E-state index contributed by atoms with van der Waals surface area (Å²) in [6.07, 6.45) is 3.34. The van der Waals surface area contributed by atoms with Gasteiger partial charge < -0.3 is 9.88 Å². The average Bonchev–Trinajstić information content (AvgIpc) is 2.81. The highest BCUT2D eigenvalue weighted by Gasteiger charge is 2.19. The van der Waals surface area contributed by atoms with E-state index >= 15 is 0 Å². The quantitative estimate of drug-likeness (QED) is 0.942. The van der Waals surface area contributed by atoms with Crippen molar-refractivity contribution in [2.75, 3.05) is 7.05 Å². The molecule has 1 aromatic carbocycles. The second kappa shape index (κ2) is 5.42. The zero-order valence-electron chi connectivity index (χ0n) is 9.65. The summed E-state index contributed by atoms with van der Waals surface area (Å²) in [7, 11) is 1.67. The number of amides is 1. The number of hydrogen-bond donors (Lipinski definition) is 1. The summed E-state index contributed by atoms with van der Waals surface area (Å²) in [6.45, 7) is 0.368. The van der Waals surface area contributed by atoms with Gasteiger partial charge in [0.05, 0.1) is 22.2 Å². The number of aromatic nitrogens is 2. The number of hydrogen-bond acceptors (Lipinski definition) is 2. The predicted octanol–water partition coefficient (Wildman–Crippen LogP) is 2.99. The van der Waals surface area contributed by atoms with Crippen molar-refractivity contribution in [3.63, 3.8) is 0 Å². The lowest BCUT2D eigenvalue weighted by atomic mass is 10.2. The van der Waals surface area contributed by atoms with Gasteiger partial charge in [0, 0.05) is 19.4 Å². The van der Waals surface area contributed by atoms with E-state index in [2.05, 4.69) is 9.97 Å². The van der Waals surface area contributed by atoms with Crippen molar-refractivity contribution in [2.45, 2.75) is 6.54 Å². The van der Waals surface area contributed by atoms with E-state index in [0.29, 0.717) is 28.0 Å². The summed E-state index contributed by atoms with van der Waals surface area (Å²) in [4.78, 5) is 20.7. The molecule has 2 aromatic rings. The number of aromatic amines is 1. The molecule has 0 aliphatic rings. The Balaban J connectivity index is 2.21. The highest BCUT2D eigenvalue weighted by atomic mass is 35.5. The van der Waals surface area contributed by atoms with Crippen molar-refractivity contribution in [1.29, 1.82) is 0 Å². The number of nitrogens with zero attached hydrogens (tertiary/aromatic N) is 2. The van der Waals surface area contributed by atoms with Crippen LogP contribution in [0.4, 0.5) is 0 Å². The largest absolute Gasteiger partial charge is 0.347 e. The minimum Gasteiger partial charge on any atom is -0.347 e. The Morgan fingerprint density at radius 2 is 2.06 bits per heavy atom. The number of rotatable bonds is 3. The zero-order valence-corrected chi connectivity index (χ0v) is 11.2. The third-order valence-electron chi connectivity index (χ3n) is 2.47. The van der Waals surface area contributed by atoms with Gasteiger partial charge in [-0.25, -0.2) is 4.98 Å². The Hall–Kier alpha value is -1.52. The van der Waals surface area contributed by atoms with Gasteiger partial charge in [-0.3, -0.25) is 4.79 Å². The zero-order chi connectivity index (χ0) is 13.1. The maximum absolute atomic E-state index is 12.2. The first-order chi connectivity index (χ1) is 8.59. The molecule has 0 spiro atoms. The van der Waals surface area contributed by atoms with Gasteiger partial charge in [0.25, 0.3) is 5.91 Å². The highest BCUT2D eigenvalue weighted by Crippen LogP contribution is 2.25. The van der Waals surface area contributed by atoms with E-state index < -0.39 is 0 Å². The van der Waals surface area contributed by atoms with Crippen LogP contribution in [0.15, 0.2) is 30.6 Å². The maximum atomic E-state index is 12.2. The molecule has 2 rings (SSSR count). The smallest absolute Gasteiger partial charge is 0.257 e. The van der Waals surface area contributed by atoms with Crippen molar-refractivity contribution in [1.82, 2.24) is 14.9 Å². The van der Waals surface area contributed by atoms with Crippen molar-refractivity contribution < 1.29 is 4.79 Å². The van der Waals surface area contributed by atoms with Crippen molar-refractivity contribution >= 4 is 29.1 Å². The van der Waals surface area contributed by atoms with Crippen molar-refractivity contribution in [3.8, 4) is 0 Å². The molecule has 4 nitrogen and oxygen atoms in total. The third-order valence-corrected chi connectivity index (χ3v) is 3.10. The summed E-state index contributed by atoms with van der Waals surface area (Å²) < 4.78 is 0. The van der Waals surface area contributed by atoms with Gasteiger partial charge in [-0.2, -0.15) is 0 Å².